The van der Waals surface area contributed by atoms with E-state index in [4.69, 9.17) is 4.74 Å². The van der Waals surface area contributed by atoms with E-state index >= 15 is 0 Å². The molecule has 1 heterocycles. The monoisotopic (exact) mass is 490 g/mol. The maximum absolute atomic E-state index is 12.7. The summed E-state index contributed by atoms with van der Waals surface area (Å²) in [4.78, 5) is 22.0. The van der Waals surface area contributed by atoms with E-state index in [0.717, 1.165) is 48.9 Å². The summed E-state index contributed by atoms with van der Waals surface area (Å²) in [6.45, 7) is 4.54. The van der Waals surface area contributed by atoms with Gasteiger partial charge in [-0.25, -0.2) is 9.97 Å². The number of rotatable bonds is 11. The van der Waals surface area contributed by atoms with Crippen LogP contribution in [0.2, 0.25) is 0 Å². The second-order valence-corrected chi connectivity index (χ2v) is 11.4. The number of ether oxygens (including phenoxy) is 1. The van der Waals surface area contributed by atoms with Gasteiger partial charge >= 0.3 is 5.97 Å². The lowest BCUT2D eigenvalue weighted by atomic mass is 9.78. The van der Waals surface area contributed by atoms with Crippen LogP contribution in [0.5, 0.6) is 5.75 Å². The number of unbranched alkanes of at least 4 members (excludes halogenated alkanes) is 3. The maximum Gasteiger partial charge on any atom is 0.314 e. The van der Waals surface area contributed by atoms with Crippen LogP contribution in [0.3, 0.4) is 0 Å². The molecule has 0 bridgehead atoms. The number of nitrogens with zero attached hydrogens (tertiary/aromatic N) is 2. The molecule has 2 aliphatic carbocycles. The van der Waals surface area contributed by atoms with Crippen molar-refractivity contribution < 1.29 is 9.53 Å². The van der Waals surface area contributed by atoms with E-state index < -0.39 is 0 Å². The van der Waals surface area contributed by atoms with Crippen LogP contribution in [0.15, 0.2) is 36.7 Å². The van der Waals surface area contributed by atoms with Gasteiger partial charge in [0.05, 0.1) is 5.92 Å². The molecule has 0 aliphatic heterocycles. The zero-order chi connectivity index (χ0) is 25.2. The van der Waals surface area contributed by atoms with Crippen molar-refractivity contribution in [3.05, 3.63) is 42.2 Å². The molecule has 1 aromatic heterocycles. The number of carbonyl (C=O) groups excluding carboxylic acids is 1. The summed E-state index contributed by atoms with van der Waals surface area (Å²) in [5.74, 6) is 3.64. The van der Waals surface area contributed by atoms with Gasteiger partial charge in [0.25, 0.3) is 0 Å². The molecular weight excluding hydrogens is 444 g/mol. The molecule has 1 aromatic carbocycles. The van der Waals surface area contributed by atoms with Crippen molar-refractivity contribution in [2.24, 2.45) is 17.8 Å². The second kappa shape index (κ2) is 13.9. The molecule has 2 aliphatic rings. The minimum Gasteiger partial charge on any atom is -0.426 e. The van der Waals surface area contributed by atoms with E-state index in [2.05, 4.69) is 23.8 Å². The Kier molecular flexibility index (Phi) is 10.4. The smallest absolute Gasteiger partial charge is 0.314 e. The van der Waals surface area contributed by atoms with Gasteiger partial charge in [-0.05, 0) is 98.9 Å². The predicted molar refractivity (Wildman–Crippen MR) is 147 cm³/mol. The molecule has 4 heteroatoms. The topological polar surface area (TPSA) is 52.1 Å². The third-order valence-electron chi connectivity index (χ3n) is 8.68. The van der Waals surface area contributed by atoms with Gasteiger partial charge in [0.1, 0.15) is 5.75 Å². The van der Waals surface area contributed by atoms with Gasteiger partial charge in [-0.3, -0.25) is 4.79 Å². The lowest BCUT2D eigenvalue weighted by Crippen LogP contribution is -2.25. The first kappa shape index (κ1) is 26.8. The van der Waals surface area contributed by atoms with Crippen molar-refractivity contribution in [3.8, 4) is 17.1 Å². The number of benzene rings is 1. The highest BCUT2D eigenvalue weighted by Crippen LogP contribution is 2.37. The average molecular weight is 491 g/mol. The van der Waals surface area contributed by atoms with Crippen LogP contribution in [-0.2, 0) is 4.79 Å². The van der Waals surface area contributed by atoms with Crippen LogP contribution >= 0.6 is 0 Å². The van der Waals surface area contributed by atoms with Crippen LogP contribution in [-0.4, -0.2) is 15.9 Å². The van der Waals surface area contributed by atoms with Crippen molar-refractivity contribution in [2.45, 2.75) is 116 Å². The van der Waals surface area contributed by atoms with E-state index in [9.17, 15) is 4.79 Å². The van der Waals surface area contributed by atoms with Crippen molar-refractivity contribution in [2.75, 3.05) is 0 Å². The molecule has 0 N–H and O–H groups in total. The molecule has 196 valence electrons. The highest BCUT2D eigenvalue weighted by molar-refractivity contribution is 5.75. The van der Waals surface area contributed by atoms with E-state index in [-0.39, 0.29) is 11.9 Å². The summed E-state index contributed by atoms with van der Waals surface area (Å²) >= 11 is 0. The maximum atomic E-state index is 12.7. The summed E-state index contributed by atoms with van der Waals surface area (Å²) in [5, 5.41) is 0. The van der Waals surface area contributed by atoms with Gasteiger partial charge in [0.2, 0.25) is 0 Å². The minimum absolute atomic E-state index is 0.0460. The molecule has 0 saturated heterocycles. The molecule has 0 amide bonds. The van der Waals surface area contributed by atoms with Crippen LogP contribution in [0.4, 0.5) is 0 Å². The Balaban J connectivity index is 1.24. The third kappa shape index (κ3) is 7.63. The summed E-state index contributed by atoms with van der Waals surface area (Å²) in [6.07, 6.45) is 22.8. The summed E-state index contributed by atoms with van der Waals surface area (Å²) in [6, 6.07) is 7.67. The largest absolute Gasteiger partial charge is 0.426 e. The minimum atomic E-state index is -0.0697. The van der Waals surface area contributed by atoms with Crippen molar-refractivity contribution in [1.82, 2.24) is 9.97 Å². The molecule has 2 saturated carbocycles. The number of hydrogen-bond donors (Lipinski definition) is 0. The predicted octanol–water partition coefficient (Wildman–Crippen LogP) is 8.90. The summed E-state index contributed by atoms with van der Waals surface area (Å²) < 4.78 is 5.73. The van der Waals surface area contributed by atoms with E-state index in [1.54, 1.807) is 0 Å². The lowest BCUT2D eigenvalue weighted by Gasteiger charge is -2.28. The van der Waals surface area contributed by atoms with E-state index in [0.29, 0.717) is 11.7 Å². The van der Waals surface area contributed by atoms with E-state index in [1.165, 1.54) is 76.2 Å². The Bertz CT molecular complexity index is 908. The standard InChI is InChI=1S/C32H46N2O2/c1-3-5-7-9-25-12-16-28(17-13-25)32(35)36-30-20-18-27(19-21-30)31-33-22-29(23-34-31)26-14-10-24(11-15-26)8-6-4-2/h18-26,28H,3-17H2,1-2H3/t24-,25-,26-,28-. The molecular formula is C32H46N2O2. The van der Waals surface area contributed by atoms with Gasteiger partial charge in [0.15, 0.2) is 5.82 Å². The van der Waals surface area contributed by atoms with Crippen LogP contribution in [0.25, 0.3) is 11.4 Å². The SMILES string of the molecule is CCCCC[C@H]1CC[C@H](C(=O)Oc2ccc(-c3ncc([C@H]4CC[C@H](CCCC)CC4)cn3)cc2)CC1. The van der Waals surface area contributed by atoms with Crippen LogP contribution < -0.4 is 4.74 Å². The first-order valence-corrected chi connectivity index (χ1v) is 14.8. The zero-order valence-electron chi connectivity index (χ0n) is 22.6. The van der Waals surface area contributed by atoms with Gasteiger partial charge in [-0.1, -0.05) is 58.8 Å². The fraction of sp³-hybridized carbons (Fsp3) is 0.656. The molecule has 0 atom stereocenters. The number of carbonyl (C=O) groups is 1. The third-order valence-corrected chi connectivity index (χ3v) is 8.68. The molecule has 0 unspecified atom stereocenters. The Morgan fingerprint density at radius 3 is 1.97 bits per heavy atom. The number of aromatic nitrogens is 2. The fourth-order valence-corrected chi connectivity index (χ4v) is 6.22. The fourth-order valence-electron chi connectivity index (χ4n) is 6.22. The molecule has 2 fully saturated rings. The van der Waals surface area contributed by atoms with Gasteiger partial charge in [0, 0.05) is 18.0 Å². The summed E-state index contributed by atoms with van der Waals surface area (Å²) in [7, 11) is 0. The molecule has 2 aromatic rings. The first-order chi connectivity index (χ1) is 17.7. The quantitative estimate of drug-likeness (QED) is 0.179. The lowest BCUT2D eigenvalue weighted by molar-refractivity contribution is -0.140. The van der Waals surface area contributed by atoms with Crippen molar-refractivity contribution in [1.29, 1.82) is 0 Å². The number of hydrogen-bond acceptors (Lipinski definition) is 4. The van der Waals surface area contributed by atoms with Gasteiger partial charge in [-0.15, -0.1) is 0 Å². The molecule has 0 spiro atoms. The normalized spacial score (nSPS) is 24.4. The Labute approximate surface area is 218 Å². The number of esters is 1. The van der Waals surface area contributed by atoms with Crippen molar-refractivity contribution in [3.63, 3.8) is 0 Å². The zero-order valence-corrected chi connectivity index (χ0v) is 22.6. The molecule has 36 heavy (non-hydrogen) atoms. The van der Waals surface area contributed by atoms with Gasteiger partial charge in [-0.2, -0.15) is 0 Å². The van der Waals surface area contributed by atoms with Gasteiger partial charge < -0.3 is 4.74 Å². The van der Waals surface area contributed by atoms with E-state index in [1.807, 2.05) is 36.7 Å². The van der Waals surface area contributed by atoms with Crippen LogP contribution in [0.1, 0.15) is 122 Å². The second-order valence-electron chi connectivity index (χ2n) is 11.4. The Hall–Kier alpha value is -2.23. The Morgan fingerprint density at radius 2 is 1.36 bits per heavy atom. The molecule has 0 radical (unpaired) electrons. The Morgan fingerprint density at radius 1 is 0.778 bits per heavy atom. The van der Waals surface area contributed by atoms with Crippen LogP contribution in [0, 0.1) is 17.8 Å². The highest BCUT2D eigenvalue weighted by Gasteiger charge is 2.27. The average Bonchev–Trinajstić information content (AvgIpc) is 2.93. The highest BCUT2D eigenvalue weighted by atomic mass is 16.5. The first-order valence-electron chi connectivity index (χ1n) is 14.8. The van der Waals surface area contributed by atoms with Crippen molar-refractivity contribution >= 4 is 5.97 Å². The molecule has 4 rings (SSSR count). The summed E-state index contributed by atoms with van der Waals surface area (Å²) in [5.41, 5.74) is 2.23. The molecule has 4 nitrogen and oxygen atoms in total.